The minimum atomic E-state index is -0.516. The van der Waals surface area contributed by atoms with E-state index in [0.717, 1.165) is 6.54 Å². The Morgan fingerprint density at radius 2 is 2.06 bits per heavy atom. The molecule has 0 unspecified atom stereocenters. The molecule has 1 amide bonds. The number of nitrogens with two attached hydrogens (primary N) is 2. The van der Waals surface area contributed by atoms with Gasteiger partial charge in [-0.2, -0.15) is 0 Å². The summed E-state index contributed by atoms with van der Waals surface area (Å²) >= 11 is 6.11. The fourth-order valence-electron chi connectivity index (χ4n) is 2.46. The monoisotopic (exact) mass is 267 g/mol. The van der Waals surface area contributed by atoms with Crippen LogP contribution in [0.2, 0.25) is 5.02 Å². The summed E-state index contributed by atoms with van der Waals surface area (Å²) in [4.78, 5) is 11.4. The first-order valence-electron chi connectivity index (χ1n) is 6.20. The summed E-state index contributed by atoms with van der Waals surface area (Å²) < 4.78 is 0. The Kier molecular flexibility index (Phi) is 3.97. The molecule has 0 spiro atoms. The van der Waals surface area contributed by atoms with Crippen molar-refractivity contribution in [3.63, 3.8) is 0 Å². The van der Waals surface area contributed by atoms with Crippen LogP contribution in [0.5, 0.6) is 0 Å². The molecule has 1 fully saturated rings. The fraction of sp³-hybridized carbons (Fsp3) is 0.462. The number of nitrogen functional groups attached to an aromatic ring is 1. The lowest BCUT2D eigenvalue weighted by Crippen LogP contribution is -2.18. The van der Waals surface area contributed by atoms with Crippen molar-refractivity contribution in [3.05, 3.63) is 22.7 Å². The number of rotatable bonds is 4. The molecular formula is C13H18ClN3O. The van der Waals surface area contributed by atoms with Crippen LogP contribution in [0.3, 0.4) is 0 Å². The Morgan fingerprint density at radius 3 is 2.67 bits per heavy atom. The van der Waals surface area contributed by atoms with E-state index < -0.39 is 5.91 Å². The van der Waals surface area contributed by atoms with Gasteiger partial charge in [-0.25, -0.2) is 0 Å². The van der Waals surface area contributed by atoms with Gasteiger partial charge in [0.2, 0.25) is 0 Å². The predicted octanol–water partition coefficient (Wildman–Crippen LogP) is 2.62. The Morgan fingerprint density at radius 1 is 1.39 bits per heavy atom. The van der Waals surface area contributed by atoms with Crippen molar-refractivity contribution < 1.29 is 4.79 Å². The maximum atomic E-state index is 11.4. The summed E-state index contributed by atoms with van der Waals surface area (Å²) in [5.41, 5.74) is 12.4. The van der Waals surface area contributed by atoms with Gasteiger partial charge in [0.25, 0.3) is 5.91 Å². The first-order chi connectivity index (χ1) is 8.58. The first-order valence-corrected chi connectivity index (χ1v) is 6.58. The first kappa shape index (κ1) is 13.0. The van der Waals surface area contributed by atoms with E-state index in [0.29, 0.717) is 27.9 Å². The third kappa shape index (κ3) is 2.88. The van der Waals surface area contributed by atoms with Gasteiger partial charge in [0.1, 0.15) is 0 Å². The average molecular weight is 268 g/mol. The van der Waals surface area contributed by atoms with Gasteiger partial charge in [0.05, 0.1) is 16.3 Å². The van der Waals surface area contributed by atoms with Crippen LogP contribution in [0.25, 0.3) is 0 Å². The van der Waals surface area contributed by atoms with Crippen LogP contribution >= 0.6 is 11.6 Å². The number of carbonyl (C=O) groups is 1. The molecule has 0 aromatic heterocycles. The van der Waals surface area contributed by atoms with Gasteiger partial charge < -0.3 is 16.8 Å². The lowest BCUT2D eigenvalue weighted by molar-refractivity contribution is 0.100. The Balaban J connectivity index is 2.17. The zero-order chi connectivity index (χ0) is 13.1. The van der Waals surface area contributed by atoms with Crippen molar-refractivity contribution >= 4 is 28.9 Å². The molecule has 18 heavy (non-hydrogen) atoms. The molecule has 0 heterocycles. The summed E-state index contributed by atoms with van der Waals surface area (Å²) in [6.07, 6.45) is 5.02. The third-order valence-corrected chi connectivity index (χ3v) is 3.72. The normalized spacial score (nSPS) is 15.8. The predicted molar refractivity (Wildman–Crippen MR) is 74.8 cm³/mol. The molecular weight excluding hydrogens is 250 g/mol. The third-order valence-electron chi connectivity index (χ3n) is 3.42. The van der Waals surface area contributed by atoms with Gasteiger partial charge in [-0.15, -0.1) is 0 Å². The average Bonchev–Trinajstić information content (AvgIpc) is 2.79. The number of amides is 1. The van der Waals surface area contributed by atoms with Crippen molar-refractivity contribution in [2.24, 2.45) is 11.7 Å². The van der Waals surface area contributed by atoms with Crippen molar-refractivity contribution in [2.75, 3.05) is 17.6 Å². The van der Waals surface area contributed by atoms with Crippen LogP contribution in [0.4, 0.5) is 11.4 Å². The van der Waals surface area contributed by atoms with Crippen molar-refractivity contribution in [1.29, 1.82) is 0 Å². The second kappa shape index (κ2) is 5.48. The van der Waals surface area contributed by atoms with E-state index in [1.165, 1.54) is 25.7 Å². The van der Waals surface area contributed by atoms with E-state index in [1.54, 1.807) is 12.1 Å². The zero-order valence-electron chi connectivity index (χ0n) is 10.2. The standard InChI is InChI=1S/C13H18ClN3O/c14-11-6-9(15)5-10(13(16)18)12(11)17-7-8-3-1-2-4-8/h5-6,8,17H,1-4,7,15H2,(H2,16,18). The summed E-state index contributed by atoms with van der Waals surface area (Å²) in [6.45, 7) is 0.823. The minimum absolute atomic E-state index is 0.359. The van der Waals surface area contributed by atoms with Gasteiger partial charge in [0, 0.05) is 12.2 Å². The molecule has 4 nitrogen and oxygen atoms in total. The van der Waals surface area contributed by atoms with Gasteiger partial charge in [-0.3, -0.25) is 4.79 Å². The van der Waals surface area contributed by atoms with Crippen LogP contribution < -0.4 is 16.8 Å². The number of nitrogens with one attached hydrogen (secondary N) is 1. The molecule has 1 aliphatic rings. The largest absolute Gasteiger partial charge is 0.399 e. The molecule has 5 heteroatoms. The smallest absolute Gasteiger partial charge is 0.250 e. The van der Waals surface area contributed by atoms with Gasteiger partial charge in [-0.1, -0.05) is 24.4 Å². The highest BCUT2D eigenvalue weighted by molar-refractivity contribution is 6.34. The molecule has 0 atom stereocenters. The Hall–Kier alpha value is -1.42. The highest BCUT2D eigenvalue weighted by atomic mass is 35.5. The van der Waals surface area contributed by atoms with Crippen molar-refractivity contribution in [3.8, 4) is 0 Å². The van der Waals surface area contributed by atoms with Crippen LogP contribution in [0.1, 0.15) is 36.0 Å². The number of benzene rings is 1. The molecule has 0 saturated heterocycles. The maximum absolute atomic E-state index is 11.4. The summed E-state index contributed by atoms with van der Waals surface area (Å²) in [5.74, 6) is 0.137. The number of hydrogen-bond donors (Lipinski definition) is 3. The Labute approximate surface area is 112 Å². The molecule has 1 aliphatic carbocycles. The minimum Gasteiger partial charge on any atom is -0.399 e. The van der Waals surface area contributed by atoms with Gasteiger partial charge in [-0.05, 0) is 30.9 Å². The van der Waals surface area contributed by atoms with E-state index in [2.05, 4.69) is 5.32 Å². The molecule has 0 radical (unpaired) electrons. The van der Waals surface area contributed by atoms with Crippen LogP contribution in [0, 0.1) is 5.92 Å². The number of anilines is 2. The van der Waals surface area contributed by atoms with Crippen molar-refractivity contribution in [2.45, 2.75) is 25.7 Å². The number of carbonyl (C=O) groups excluding carboxylic acids is 1. The fourth-order valence-corrected chi connectivity index (χ4v) is 2.76. The lowest BCUT2D eigenvalue weighted by atomic mass is 10.1. The van der Waals surface area contributed by atoms with E-state index in [-0.39, 0.29) is 0 Å². The van der Waals surface area contributed by atoms with E-state index in [4.69, 9.17) is 23.1 Å². The van der Waals surface area contributed by atoms with Gasteiger partial charge >= 0.3 is 0 Å². The summed E-state index contributed by atoms with van der Waals surface area (Å²) in [6, 6.07) is 3.19. The second-order valence-electron chi connectivity index (χ2n) is 4.82. The zero-order valence-corrected chi connectivity index (χ0v) is 11.0. The lowest BCUT2D eigenvalue weighted by Gasteiger charge is -2.16. The highest BCUT2D eigenvalue weighted by Crippen LogP contribution is 2.31. The number of primary amides is 1. The molecule has 1 aromatic rings. The molecule has 1 saturated carbocycles. The van der Waals surface area contributed by atoms with E-state index in [1.807, 2.05) is 0 Å². The van der Waals surface area contributed by atoms with E-state index in [9.17, 15) is 4.79 Å². The maximum Gasteiger partial charge on any atom is 0.250 e. The summed E-state index contributed by atoms with van der Waals surface area (Å²) in [7, 11) is 0. The molecule has 98 valence electrons. The van der Waals surface area contributed by atoms with Crippen LogP contribution in [-0.4, -0.2) is 12.5 Å². The van der Waals surface area contributed by atoms with Crippen LogP contribution in [-0.2, 0) is 0 Å². The quantitative estimate of drug-likeness (QED) is 0.734. The van der Waals surface area contributed by atoms with E-state index >= 15 is 0 Å². The van der Waals surface area contributed by atoms with Gasteiger partial charge in [0.15, 0.2) is 0 Å². The summed E-state index contributed by atoms with van der Waals surface area (Å²) in [5, 5.41) is 3.69. The molecule has 5 N–H and O–H groups in total. The Bertz CT molecular complexity index is 456. The second-order valence-corrected chi connectivity index (χ2v) is 5.23. The topological polar surface area (TPSA) is 81.1 Å². The molecule has 0 bridgehead atoms. The van der Waals surface area contributed by atoms with Crippen LogP contribution in [0.15, 0.2) is 12.1 Å². The highest BCUT2D eigenvalue weighted by Gasteiger charge is 2.17. The SMILES string of the molecule is NC(=O)c1cc(N)cc(Cl)c1NCC1CCCC1. The molecule has 0 aliphatic heterocycles. The molecule has 2 rings (SSSR count). The number of hydrogen-bond acceptors (Lipinski definition) is 3. The van der Waals surface area contributed by atoms with Crippen molar-refractivity contribution in [1.82, 2.24) is 0 Å². The molecule has 1 aromatic carbocycles. The number of halogens is 1.